The minimum atomic E-state index is -3.26. The molecule has 0 radical (unpaired) electrons. The van der Waals surface area contributed by atoms with Gasteiger partial charge in [-0.2, -0.15) is 0 Å². The number of hydrogen-bond acceptors (Lipinski definition) is 0. The number of nitrogens with zero attached hydrogens (tertiary/aromatic N) is 4. The molecule has 65 heavy (non-hydrogen) atoms. The third kappa shape index (κ3) is 6.01. The molecule has 0 saturated carbocycles. The smallest absolute Gasteiger partial charge is 0.179 e. The fourth-order valence-electron chi connectivity index (χ4n) is 11.6. The third-order valence-electron chi connectivity index (χ3n) is 14.3. The first-order chi connectivity index (χ1) is 31.7. The van der Waals surface area contributed by atoms with Crippen LogP contribution in [0.3, 0.4) is 0 Å². The summed E-state index contributed by atoms with van der Waals surface area (Å²) < 4.78 is 14.2. The molecule has 12 aromatic rings. The van der Waals surface area contributed by atoms with Crippen LogP contribution in [0.4, 0.5) is 0 Å². The van der Waals surface area contributed by atoms with Crippen LogP contribution in [-0.2, 0) is 26.2 Å². The lowest BCUT2D eigenvalue weighted by Crippen LogP contribution is -2.74. The molecule has 12 rings (SSSR count). The van der Waals surface area contributed by atoms with E-state index in [1.807, 2.05) is 0 Å². The van der Waals surface area contributed by atoms with Gasteiger partial charge >= 0.3 is 0 Å². The molecule has 0 fully saturated rings. The molecule has 0 saturated heterocycles. The summed E-state index contributed by atoms with van der Waals surface area (Å²) in [5, 5.41) is 15.6. The Morgan fingerprint density at radius 3 is 0.662 bits per heavy atom. The van der Waals surface area contributed by atoms with E-state index in [2.05, 4.69) is 255 Å². The summed E-state index contributed by atoms with van der Waals surface area (Å²) in [6.45, 7) is 12.6. The maximum Gasteiger partial charge on any atom is 0.179 e. The molecule has 0 aliphatic rings. The number of halogens is 4. The molecule has 0 bridgehead atoms. The summed E-state index contributed by atoms with van der Waals surface area (Å²) in [7, 11) is -3.26. The Balaban J connectivity index is 1.30. The minimum Gasteiger partial charge on any atom is -0.341 e. The lowest BCUT2D eigenvalue weighted by Gasteiger charge is -2.35. The van der Waals surface area contributed by atoms with Gasteiger partial charge in [0.2, 0.25) is 0 Å². The highest BCUT2D eigenvalue weighted by atomic mass is 79.9. The molecule has 4 aromatic heterocycles. The Labute approximate surface area is 412 Å². The molecule has 320 valence electrons. The first kappa shape index (κ1) is 41.5. The number of fused-ring (bicyclic) bond motifs is 12. The van der Waals surface area contributed by atoms with Crippen molar-refractivity contribution in [3.05, 3.63) is 163 Å². The van der Waals surface area contributed by atoms with Crippen LogP contribution in [0, 0.1) is 0 Å². The molecule has 9 heteroatoms. The zero-order valence-corrected chi connectivity index (χ0v) is 43.8. The largest absolute Gasteiger partial charge is 0.341 e. The zero-order valence-electron chi connectivity index (χ0n) is 36.5. The van der Waals surface area contributed by atoms with Crippen molar-refractivity contribution in [1.29, 1.82) is 0 Å². The summed E-state index contributed by atoms with van der Waals surface area (Å²) >= 11 is 15.5. The number of aryl methyl sites for hydroxylation is 4. The van der Waals surface area contributed by atoms with Crippen molar-refractivity contribution in [1.82, 2.24) is 18.3 Å². The molecule has 0 atom stereocenters. The zero-order chi connectivity index (χ0) is 44.5. The molecule has 0 N–H and O–H groups in total. The molecule has 0 amide bonds. The van der Waals surface area contributed by atoms with Crippen molar-refractivity contribution in [2.45, 2.75) is 53.9 Å². The van der Waals surface area contributed by atoms with E-state index in [1.54, 1.807) is 0 Å². The van der Waals surface area contributed by atoms with Crippen LogP contribution in [0.15, 0.2) is 163 Å². The first-order valence-corrected chi connectivity index (χ1v) is 27.7. The highest BCUT2D eigenvalue weighted by Gasteiger charge is 2.43. The van der Waals surface area contributed by atoms with E-state index >= 15 is 0 Å². The molecule has 4 heterocycles. The molecular formula is C56H44Br4N4Si. The van der Waals surface area contributed by atoms with E-state index in [-0.39, 0.29) is 0 Å². The van der Waals surface area contributed by atoms with Gasteiger partial charge in [0.05, 0.1) is 0 Å². The Bertz CT molecular complexity index is 3450. The van der Waals surface area contributed by atoms with Crippen LogP contribution in [0.25, 0.3) is 87.2 Å². The SMILES string of the molecule is CCn1c2ccc(Br)cc2c2cc([Si](c3ccc4c(c3)c3cc(Br)ccc3n4CC)(c3ccc4c(c3)c3cc(Br)ccc3n4CC)c3ccc4c(c3)c3cc(Br)ccc3n4CC)ccc21. The van der Waals surface area contributed by atoms with Crippen LogP contribution in [-0.4, -0.2) is 26.3 Å². The Morgan fingerprint density at radius 1 is 0.277 bits per heavy atom. The average Bonchev–Trinajstić information content (AvgIpc) is 4.02. The third-order valence-corrected chi connectivity index (χ3v) is 21.0. The van der Waals surface area contributed by atoms with Crippen LogP contribution in [0.1, 0.15) is 27.7 Å². The van der Waals surface area contributed by atoms with Gasteiger partial charge in [0.25, 0.3) is 0 Å². The molecule has 0 unspecified atom stereocenters. The molecule has 4 nitrogen and oxygen atoms in total. The molecule has 0 spiro atoms. The van der Waals surface area contributed by atoms with Gasteiger partial charge in [0.1, 0.15) is 0 Å². The average molecular weight is 1120 g/mol. The molecular weight excluding hydrogens is 1080 g/mol. The van der Waals surface area contributed by atoms with Crippen LogP contribution >= 0.6 is 63.7 Å². The predicted molar refractivity (Wildman–Crippen MR) is 296 cm³/mol. The van der Waals surface area contributed by atoms with Gasteiger partial charge in [-0.25, -0.2) is 0 Å². The van der Waals surface area contributed by atoms with Crippen molar-refractivity contribution in [3.63, 3.8) is 0 Å². The normalized spacial score (nSPS) is 12.6. The van der Waals surface area contributed by atoms with Crippen LogP contribution in [0.5, 0.6) is 0 Å². The minimum absolute atomic E-state index is 0.888. The van der Waals surface area contributed by atoms with Crippen molar-refractivity contribution in [3.8, 4) is 0 Å². The van der Waals surface area contributed by atoms with Crippen LogP contribution in [0.2, 0.25) is 0 Å². The van der Waals surface area contributed by atoms with E-state index in [4.69, 9.17) is 0 Å². The number of benzene rings is 8. The lowest BCUT2D eigenvalue weighted by molar-refractivity contribution is 0.827. The predicted octanol–water partition coefficient (Wildman–Crippen LogP) is 14.6. The second-order valence-corrected chi connectivity index (χ2v) is 24.8. The monoisotopic (exact) mass is 1120 g/mol. The van der Waals surface area contributed by atoms with E-state index < -0.39 is 8.07 Å². The highest BCUT2D eigenvalue weighted by molar-refractivity contribution is 9.11. The molecule has 0 aliphatic heterocycles. The summed E-state index contributed by atoms with van der Waals surface area (Å²) in [5.41, 5.74) is 10.1. The van der Waals surface area contributed by atoms with Crippen molar-refractivity contribution < 1.29 is 0 Å². The van der Waals surface area contributed by atoms with Gasteiger partial charge in [0.15, 0.2) is 8.07 Å². The first-order valence-electron chi connectivity index (χ1n) is 22.5. The number of rotatable bonds is 8. The topological polar surface area (TPSA) is 19.7 Å². The van der Waals surface area contributed by atoms with E-state index in [0.717, 1.165) is 44.1 Å². The summed E-state index contributed by atoms with van der Waals surface area (Å²) in [6, 6.07) is 56.9. The Morgan fingerprint density at radius 2 is 0.462 bits per heavy atom. The second-order valence-electron chi connectivity index (χ2n) is 17.3. The van der Waals surface area contributed by atoms with Gasteiger partial charge < -0.3 is 18.3 Å². The van der Waals surface area contributed by atoms with Crippen molar-refractivity contribution >= 4 is 180 Å². The highest BCUT2D eigenvalue weighted by Crippen LogP contribution is 2.37. The van der Waals surface area contributed by atoms with Gasteiger partial charge in [-0.15, -0.1) is 0 Å². The quantitative estimate of drug-likeness (QED) is 0.107. The number of aromatic nitrogens is 4. The molecule has 0 aliphatic carbocycles. The summed E-state index contributed by atoms with van der Waals surface area (Å²) in [5.74, 6) is 0. The van der Waals surface area contributed by atoms with E-state index in [9.17, 15) is 0 Å². The van der Waals surface area contributed by atoms with Gasteiger partial charge in [-0.3, -0.25) is 0 Å². The van der Waals surface area contributed by atoms with Gasteiger partial charge in [-0.05, 0) is 146 Å². The van der Waals surface area contributed by atoms with Crippen LogP contribution < -0.4 is 20.7 Å². The lowest BCUT2D eigenvalue weighted by atomic mass is 10.1. The van der Waals surface area contributed by atoms with E-state index in [0.29, 0.717) is 0 Å². The van der Waals surface area contributed by atoms with Gasteiger partial charge in [0, 0.05) is 131 Å². The van der Waals surface area contributed by atoms with Crippen molar-refractivity contribution in [2.75, 3.05) is 0 Å². The standard InChI is InChI=1S/C56H44Br4N4Si/c1-5-61-49-17-9-33(57)25-41(49)45-29-37(13-21-53(45)61)65(38-14-22-54-46(30-38)42-26-34(58)10-18-50(42)62(54)6-2,39-15-23-55-47(31-39)43-27-35(59)11-19-51(43)63(55)7-3)40-16-24-56-48(32-40)44-28-36(60)12-20-52(44)64(56)8-4/h9-32H,5-8H2,1-4H3. The summed E-state index contributed by atoms with van der Waals surface area (Å²) in [6.07, 6.45) is 0. The second kappa shape index (κ2) is 15.6. The summed E-state index contributed by atoms with van der Waals surface area (Å²) in [4.78, 5) is 0. The fourth-order valence-corrected chi connectivity index (χ4v) is 17.8. The fraction of sp³-hybridized carbons (Fsp3) is 0.143. The molecule has 8 aromatic carbocycles. The van der Waals surface area contributed by atoms with Crippen molar-refractivity contribution in [2.24, 2.45) is 0 Å². The maximum absolute atomic E-state index is 3.87. The Hall–Kier alpha value is -4.90. The maximum atomic E-state index is 3.87. The van der Waals surface area contributed by atoms with Gasteiger partial charge in [-0.1, -0.05) is 112 Å². The van der Waals surface area contributed by atoms with E-state index in [1.165, 1.54) is 108 Å². The Kier molecular flexibility index (Phi) is 9.96. The number of hydrogen-bond donors (Lipinski definition) is 0.